The van der Waals surface area contributed by atoms with Crippen molar-refractivity contribution in [3.63, 3.8) is 0 Å². The van der Waals surface area contributed by atoms with Crippen molar-refractivity contribution in [3.8, 4) is 0 Å². The second kappa shape index (κ2) is 6.27. The number of nitrogens with zero attached hydrogens (tertiary/aromatic N) is 3. The smallest absolute Gasteiger partial charge is 0.0544 e. The van der Waals surface area contributed by atoms with E-state index in [4.69, 9.17) is 0 Å². The Morgan fingerprint density at radius 2 is 2.17 bits per heavy atom. The van der Waals surface area contributed by atoms with E-state index in [1.807, 2.05) is 13.0 Å². The fraction of sp³-hybridized carbons (Fsp3) is 0.643. The average Bonchev–Trinajstić information content (AvgIpc) is 2.34. The lowest BCUT2D eigenvalue weighted by atomic mass is 10.2. The Morgan fingerprint density at radius 1 is 1.33 bits per heavy atom. The predicted molar refractivity (Wildman–Crippen MR) is 74.6 cm³/mol. The van der Waals surface area contributed by atoms with Crippen LogP contribution >= 0.6 is 0 Å². The van der Waals surface area contributed by atoms with E-state index in [2.05, 4.69) is 46.3 Å². The molecular formula is C14H24N4. The number of hydrogen-bond acceptors (Lipinski definition) is 4. The topological polar surface area (TPSA) is 31.4 Å². The summed E-state index contributed by atoms with van der Waals surface area (Å²) in [5.74, 6) is 0. The Kier molecular flexibility index (Phi) is 4.69. The van der Waals surface area contributed by atoms with E-state index < -0.39 is 0 Å². The van der Waals surface area contributed by atoms with E-state index in [-0.39, 0.29) is 0 Å². The standard InChI is InChI=1S/C14H24N4/c1-12-5-4-6-13(16-12)9-15-10-14-11-17(2)7-8-18(14)3/h4-6,14-15H,7-11H2,1-3H3. The highest BCUT2D eigenvalue weighted by Gasteiger charge is 2.21. The third-order valence-electron chi connectivity index (χ3n) is 3.61. The van der Waals surface area contributed by atoms with Crippen molar-refractivity contribution >= 4 is 0 Å². The molecule has 1 aromatic rings. The van der Waals surface area contributed by atoms with Crippen LogP contribution in [0.4, 0.5) is 0 Å². The minimum atomic E-state index is 0.605. The fourth-order valence-electron chi connectivity index (χ4n) is 2.39. The van der Waals surface area contributed by atoms with Crippen molar-refractivity contribution in [3.05, 3.63) is 29.6 Å². The van der Waals surface area contributed by atoms with Crippen LogP contribution in [0.1, 0.15) is 11.4 Å². The summed E-state index contributed by atoms with van der Waals surface area (Å²) in [6, 6.07) is 6.79. The molecule has 0 aliphatic carbocycles. The fourth-order valence-corrected chi connectivity index (χ4v) is 2.39. The summed E-state index contributed by atoms with van der Waals surface area (Å²) < 4.78 is 0. The maximum Gasteiger partial charge on any atom is 0.0544 e. The molecule has 1 aliphatic heterocycles. The molecule has 1 N–H and O–H groups in total. The molecule has 0 aromatic carbocycles. The van der Waals surface area contributed by atoms with Gasteiger partial charge in [-0.1, -0.05) is 6.07 Å². The largest absolute Gasteiger partial charge is 0.310 e. The predicted octanol–water partition coefficient (Wildman–Crippen LogP) is 0.725. The first kappa shape index (κ1) is 13.5. The highest BCUT2D eigenvalue weighted by molar-refractivity contribution is 5.09. The quantitative estimate of drug-likeness (QED) is 0.851. The molecule has 4 heteroatoms. The molecule has 1 atom stereocenters. The van der Waals surface area contributed by atoms with E-state index in [0.29, 0.717) is 6.04 Å². The molecule has 2 rings (SSSR count). The van der Waals surface area contributed by atoms with Crippen molar-refractivity contribution in [2.45, 2.75) is 19.5 Å². The Hall–Kier alpha value is -0.970. The number of nitrogens with one attached hydrogen (secondary N) is 1. The Bertz CT molecular complexity index is 380. The van der Waals surface area contributed by atoms with E-state index in [9.17, 15) is 0 Å². The molecule has 18 heavy (non-hydrogen) atoms. The van der Waals surface area contributed by atoms with Gasteiger partial charge in [0, 0.05) is 44.5 Å². The van der Waals surface area contributed by atoms with Gasteiger partial charge in [-0.2, -0.15) is 0 Å². The van der Waals surface area contributed by atoms with Crippen molar-refractivity contribution in [2.75, 3.05) is 40.3 Å². The second-order valence-electron chi connectivity index (χ2n) is 5.30. The van der Waals surface area contributed by atoms with Crippen molar-refractivity contribution in [2.24, 2.45) is 0 Å². The van der Waals surface area contributed by atoms with Gasteiger partial charge in [0.1, 0.15) is 0 Å². The van der Waals surface area contributed by atoms with Gasteiger partial charge in [-0.25, -0.2) is 0 Å². The zero-order valence-corrected chi connectivity index (χ0v) is 11.7. The average molecular weight is 248 g/mol. The number of aryl methyl sites for hydroxylation is 1. The SMILES string of the molecule is Cc1cccc(CNCC2CN(C)CCN2C)n1. The van der Waals surface area contributed by atoms with Gasteiger partial charge in [-0.15, -0.1) is 0 Å². The summed E-state index contributed by atoms with van der Waals surface area (Å²) in [5.41, 5.74) is 2.21. The minimum absolute atomic E-state index is 0.605. The van der Waals surface area contributed by atoms with Crippen molar-refractivity contribution < 1.29 is 0 Å². The van der Waals surface area contributed by atoms with Crippen molar-refractivity contribution in [1.29, 1.82) is 0 Å². The van der Waals surface area contributed by atoms with Gasteiger partial charge in [0.25, 0.3) is 0 Å². The van der Waals surface area contributed by atoms with Crippen LogP contribution in [0.2, 0.25) is 0 Å². The third kappa shape index (κ3) is 3.77. The van der Waals surface area contributed by atoms with Gasteiger partial charge in [-0.3, -0.25) is 9.88 Å². The first-order valence-corrected chi connectivity index (χ1v) is 6.67. The summed E-state index contributed by atoms with van der Waals surface area (Å²) in [7, 11) is 4.41. The van der Waals surface area contributed by atoms with Gasteiger partial charge >= 0.3 is 0 Å². The van der Waals surface area contributed by atoms with E-state index in [1.54, 1.807) is 0 Å². The molecule has 1 aliphatic rings. The molecule has 1 aromatic heterocycles. The molecule has 0 spiro atoms. The normalized spacial score (nSPS) is 22.3. The lowest BCUT2D eigenvalue weighted by Gasteiger charge is -2.37. The summed E-state index contributed by atoms with van der Waals surface area (Å²) in [6.45, 7) is 7.39. The summed E-state index contributed by atoms with van der Waals surface area (Å²) in [6.07, 6.45) is 0. The number of rotatable bonds is 4. The maximum absolute atomic E-state index is 4.50. The minimum Gasteiger partial charge on any atom is -0.310 e. The number of piperazine rings is 1. The molecule has 2 heterocycles. The highest BCUT2D eigenvalue weighted by atomic mass is 15.3. The molecule has 1 unspecified atom stereocenters. The molecule has 0 amide bonds. The summed E-state index contributed by atoms with van der Waals surface area (Å²) >= 11 is 0. The van der Waals surface area contributed by atoms with E-state index >= 15 is 0 Å². The van der Waals surface area contributed by atoms with Crippen LogP contribution in [0.3, 0.4) is 0 Å². The highest BCUT2D eigenvalue weighted by Crippen LogP contribution is 2.05. The Morgan fingerprint density at radius 3 is 2.94 bits per heavy atom. The molecule has 1 saturated heterocycles. The van der Waals surface area contributed by atoms with Gasteiger partial charge in [0.15, 0.2) is 0 Å². The van der Waals surface area contributed by atoms with Crippen LogP contribution in [-0.2, 0) is 6.54 Å². The lowest BCUT2D eigenvalue weighted by molar-refractivity contribution is 0.113. The van der Waals surface area contributed by atoms with Crippen LogP contribution in [0, 0.1) is 6.92 Å². The van der Waals surface area contributed by atoms with Crippen molar-refractivity contribution in [1.82, 2.24) is 20.1 Å². The molecule has 0 saturated carbocycles. The van der Waals surface area contributed by atoms with Gasteiger partial charge < -0.3 is 10.2 Å². The second-order valence-corrected chi connectivity index (χ2v) is 5.30. The summed E-state index contributed by atoms with van der Waals surface area (Å²) in [5, 5.41) is 3.52. The van der Waals surface area contributed by atoms with Gasteiger partial charge in [-0.05, 0) is 33.2 Å². The summed E-state index contributed by atoms with van der Waals surface area (Å²) in [4.78, 5) is 9.34. The van der Waals surface area contributed by atoms with Gasteiger partial charge in [0.05, 0.1) is 5.69 Å². The Labute approximate surface area is 110 Å². The first-order valence-electron chi connectivity index (χ1n) is 6.67. The van der Waals surface area contributed by atoms with Gasteiger partial charge in [0.2, 0.25) is 0 Å². The number of aromatic nitrogens is 1. The molecule has 0 bridgehead atoms. The van der Waals surface area contributed by atoms with E-state index in [1.165, 1.54) is 6.54 Å². The monoisotopic (exact) mass is 248 g/mol. The molecular weight excluding hydrogens is 224 g/mol. The molecule has 1 fully saturated rings. The van der Waals surface area contributed by atoms with Crippen LogP contribution in [-0.4, -0.2) is 61.1 Å². The van der Waals surface area contributed by atoms with Crippen LogP contribution in [0.5, 0.6) is 0 Å². The Balaban J connectivity index is 1.77. The van der Waals surface area contributed by atoms with E-state index in [0.717, 1.165) is 37.6 Å². The molecule has 0 radical (unpaired) electrons. The maximum atomic E-state index is 4.50. The molecule has 4 nitrogen and oxygen atoms in total. The lowest BCUT2D eigenvalue weighted by Crippen LogP contribution is -2.53. The zero-order chi connectivity index (χ0) is 13.0. The number of pyridine rings is 1. The zero-order valence-electron chi connectivity index (χ0n) is 11.7. The first-order chi connectivity index (χ1) is 8.65. The third-order valence-corrected chi connectivity index (χ3v) is 3.61. The molecule has 100 valence electrons. The van der Waals surface area contributed by atoms with Crippen LogP contribution < -0.4 is 5.32 Å². The number of likely N-dealkylation sites (N-methyl/N-ethyl adjacent to an activating group) is 2. The van der Waals surface area contributed by atoms with Crippen LogP contribution in [0.25, 0.3) is 0 Å². The van der Waals surface area contributed by atoms with Crippen LogP contribution in [0.15, 0.2) is 18.2 Å². The number of hydrogen-bond donors (Lipinski definition) is 1.